The van der Waals surface area contributed by atoms with Crippen LogP contribution < -0.4 is 9.04 Å². The van der Waals surface area contributed by atoms with E-state index >= 15 is 0 Å². The zero-order valence-electron chi connectivity index (χ0n) is 19.9. The van der Waals surface area contributed by atoms with Crippen molar-refractivity contribution in [2.75, 3.05) is 18.0 Å². The van der Waals surface area contributed by atoms with E-state index in [2.05, 4.69) is 0 Å². The van der Waals surface area contributed by atoms with E-state index in [9.17, 15) is 13.5 Å². The molecule has 5 rings (SSSR count). The molecular weight excluding hydrogens is 531 g/mol. The highest BCUT2D eigenvalue weighted by Crippen LogP contribution is 2.35. The maximum Gasteiger partial charge on any atom is 0.264 e. The molecule has 0 saturated heterocycles. The zero-order valence-corrected chi connectivity index (χ0v) is 22.2. The van der Waals surface area contributed by atoms with E-state index in [1.165, 1.54) is 23.5 Å². The van der Waals surface area contributed by atoms with Crippen molar-refractivity contribution < 1.29 is 18.3 Å². The van der Waals surface area contributed by atoms with Gasteiger partial charge in [-0.1, -0.05) is 53.5 Å². The lowest BCUT2D eigenvalue weighted by molar-refractivity contribution is 0.166. The Bertz CT molecular complexity index is 1630. The number of benzene rings is 4. The fourth-order valence-electron chi connectivity index (χ4n) is 4.59. The molecule has 0 aliphatic carbocycles. The second kappa shape index (κ2) is 10.3. The minimum absolute atomic E-state index is 0.120. The molecule has 0 fully saturated rings. The number of halogens is 2. The molecule has 0 saturated carbocycles. The van der Waals surface area contributed by atoms with Gasteiger partial charge in [-0.3, -0.25) is 4.31 Å². The number of anilines is 1. The SMILES string of the molecule is COc1ccccc1N(C[C@H](O)Cn1c2ccc(Cl)cc2c2cc(Cl)ccc21)S(=O)(=O)c1ccccc1. The highest BCUT2D eigenvalue weighted by atomic mass is 35.5. The van der Waals surface area contributed by atoms with Gasteiger partial charge in [0.15, 0.2) is 0 Å². The Balaban J connectivity index is 1.57. The Hall–Kier alpha value is -3.23. The molecule has 0 radical (unpaired) electrons. The Morgan fingerprint density at radius 2 is 1.43 bits per heavy atom. The maximum atomic E-state index is 13.8. The molecule has 9 heteroatoms. The summed E-state index contributed by atoms with van der Waals surface area (Å²) in [6.45, 7) is -0.0564. The number of fused-ring (bicyclic) bond motifs is 3. The lowest BCUT2D eigenvalue weighted by atomic mass is 10.1. The first-order valence-corrected chi connectivity index (χ1v) is 13.7. The van der Waals surface area contributed by atoms with Gasteiger partial charge in [-0.05, 0) is 60.7 Å². The van der Waals surface area contributed by atoms with Gasteiger partial charge in [-0.25, -0.2) is 8.42 Å². The molecule has 5 aromatic rings. The molecule has 0 aliphatic rings. The number of methoxy groups -OCH3 is 1. The number of aromatic nitrogens is 1. The van der Waals surface area contributed by atoms with Crippen molar-refractivity contribution in [3.63, 3.8) is 0 Å². The summed E-state index contributed by atoms with van der Waals surface area (Å²) < 4.78 is 36.1. The zero-order chi connectivity index (χ0) is 26.2. The molecule has 190 valence electrons. The van der Waals surface area contributed by atoms with Crippen molar-refractivity contribution in [1.82, 2.24) is 4.57 Å². The van der Waals surface area contributed by atoms with Crippen molar-refractivity contribution >= 4 is 60.7 Å². The normalized spacial score (nSPS) is 12.6. The predicted molar refractivity (Wildman–Crippen MR) is 149 cm³/mol. The predicted octanol–water partition coefficient (Wildman–Crippen LogP) is 6.37. The summed E-state index contributed by atoms with van der Waals surface area (Å²) in [5.41, 5.74) is 2.06. The fraction of sp³-hybridized carbons (Fsp3) is 0.143. The van der Waals surface area contributed by atoms with E-state index in [1.54, 1.807) is 54.6 Å². The minimum Gasteiger partial charge on any atom is -0.495 e. The Labute approximate surface area is 225 Å². The van der Waals surface area contributed by atoms with Crippen molar-refractivity contribution in [2.24, 2.45) is 0 Å². The summed E-state index contributed by atoms with van der Waals surface area (Å²) in [5.74, 6) is 0.385. The van der Waals surface area contributed by atoms with Gasteiger partial charge in [0, 0.05) is 31.9 Å². The molecular formula is C28H24Cl2N2O4S. The van der Waals surface area contributed by atoms with E-state index in [0.717, 1.165) is 21.8 Å². The first-order chi connectivity index (χ1) is 17.8. The molecule has 6 nitrogen and oxygen atoms in total. The summed E-state index contributed by atoms with van der Waals surface area (Å²) in [4.78, 5) is 0.120. The third-order valence-corrected chi connectivity index (χ3v) is 8.51. The van der Waals surface area contributed by atoms with Crippen molar-refractivity contribution in [2.45, 2.75) is 17.5 Å². The van der Waals surface area contributed by atoms with Crippen LogP contribution in [0.2, 0.25) is 10.0 Å². The molecule has 0 unspecified atom stereocenters. The summed E-state index contributed by atoms with van der Waals surface area (Å²) in [6, 6.07) is 26.1. The van der Waals surface area contributed by atoms with Crippen LogP contribution in [-0.2, 0) is 16.6 Å². The van der Waals surface area contributed by atoms with Gasteiger partial charge in [-0.2, -0.15) is 0 Å². The van der Waals surface area contributed by atoms with Gasteiger partial charge in [0.05, 0.1) is 36.9 Å². The van der Waals surface area contributed by atoms with Crippen LogP contribution in [0.15, 0.2) is 95.9 Å². The average Bonchev–Trinajstić information content (AvgIpc) is 3.19. The molecule has 1 aromatic heterocycles. The second-order valence-electron chi connectivity index (χ2n) is 8.61. The van der Waals surface area contributed by atoms with Gasteiger partial charge in [-0.15, -0.1) is 0 Å². The quantitative estimate of drug-likeness (QED) is 0.242. The summed E-state index contributed by atoms with van der Waals surface area (Å²) >= 11 is 12.5. The molecule has 4 aromatic carbocycles. The van der Waals surface area contributed by atoms with Gasteiger partial charge >= 0.3 is 0 Å². The highest BCUT2D eigenvalue weighted by Gasteiger charge is 2.29. The Morgan fingerprint density at radius 3 is 2.03 bits per heavy atom. The number of hydrogen-bond donors (Lipinski definition) is 1. The number of para-hydroxylation sites is 2. The lowest BCUT2D eigenvalue weighted by Gasteiger charge is -2.28. The number of rotatable bonds is 8. The van der Waals surface area contributed by atoms with Gasteiger partial charge in [0.25, 0.3) is 10.0 Å². The van der Waals surface area contributed by atoms with Crippen molar-refractivity contribution in [3.05, 3.63) is 101 Å². The molecule has 1 atom stereocenters. The number of aliphatic hydroxyl groups is 1. The van der Waals surface area contributed by atoms with E-state index in [0.29, 0.717) is 21.5 Å². The Kier molecular flexibility index (Phi) is 7.05. The number of ether oxygens (including phenoxy) is 1. The van der Waals surface area contributed by atoms with Crippen LogP contribution >= 0.6 is 23.2 Å². The fourth-order valence-corrected chi connectivity index (χ4v) is 6.46. The van der Waals surface area contributed by atoms with Gasteiger partial charge < -0.3 is 14.4 Å². The van der Waals surface area contributed by atoms with E-state index in [4.69, 9.17) is 27.9 Å². The Morgan fingerprint density at radius 1 is 0.865 bits per heavy atom. The minimum atomic E-state index is -4.01. The molecule has 0 aliphatic heterocycles. The summed E-state index contributed by atoms with van der Waals surface area (Å²) in [7, 11) is -2.52. The summed E-state index contributed by atoms with van der Waals surface area (Å²) in [6.07, 6.45) is -1.06. The number of aliphatic hydroxyl groups excluding tert-OH is 1. The van der Waals surface area contributed by atoms with Crippen LogP contribution in [0.5, 0.6) is 5.75 Å². The van der Waals surface area contributed by atoms with E-state index in [1.807, 2.05) is 28.8 Å². The number of hydrogen-bond acceptors (Lipinski definition) is 4. The van der Waals surface area contributed by atoms with Crippen molar-refractivity contribution in [1.29, 1.82) is 0 Å². The van der Waals surface area contributed by atoms with Gasteiger partial charge in [0.2, 0.25) is 0 Å². The molecule has 0 amide bonds. The summed E-state index contributed by atoms with van der Waals surface area (Å²) in [5, 5.41) is 14.3. The third kappa shape index (κ3) is 4.88. The van der Waals surface area contributed by atoms with Crippen molar-refractivity contribution in [3.8, 4) is 5.75 Å². The smallest absolute Gasteiger partial charge is 0.264 e. The number of sulfonamides is 1. The standard InChI is InChI=1S/C28H24Cl2N2O4S/c1-36-28-10-6-5-9-27(28)32(37(34,35)22-7-3-2-4-8-22)18-21(33)17-31-25-13-11-19(29)15-23(25)24-16-20(30)12-14-26(24)31/h2-16,21,33H,17-18H2,1H3/t21-/m1/s1. The van der Waals surface area contributed by atoms with Gasteiger partial charge in [0.1, 0.15) is 5.75 Å². The second-order valence-corrected chi connectivity index (χ2v) is 11.3. The topological polar surface area (TPSA) is 71.8 Å². The monoisotopic (exact) mass is 554 g/mol. The van der Waals surface area contributed by atoms with E-state index < -0.39 is 16.1 Å². The van der Waals surface area contributed by atoms with Crippen LogP contribution in [0.4, 0.5) is 5.69 Å². The average molecular weight is 555 g/mol. The van der Waals surface area contributed by atoms with E-state index in [-0.39, 0.29) is 18.0 Å². The number of nitrogens with zero attached hydrogens (tertiary/aromatic N) is 2. The lowest BCUT2D eigenvalue weighted by Crippen LogP contribution is -2.39. The highest BCUT2D eigenvalue weighted by molar-refractivity contribution is 7.92. The first-order valence-electron chi connectivity index (χ1n) is 11.6. The van der Waals surface area contributed by atoms with Crippen LogP contribution in [0.25, 0.3) is 21.8 Å². The maximum absolute atomic E-state index is 13.8. The third-order valence-electron chi connectivity index (χ3n) is 6.24. The van der Waals surface area contributed by atoms with Crippen LogP contribution in [0.1, 0.15) is 0 Å². The molecule has 0 spiro atoms. The molecule has 1 heterocycles. The molecule has 0 bridgehead atoms. The first kappa shape index (κ1) is 25.4. The largest absolute Gasteiger partial charge is 0.495 e. The van der Waals surface area contributed by atoms with Crippen LogP contribution in [0.3, 0.4) is 0 Å². The van der Waals surface area contributed by atoms with Crippen LogP contribution in [-0.4, -0.2) is 37.8 Å². The van der Waals surface area contributed by atoms with Crippen LogP contribution in [0, 0.1) is 0 Å². The molecule has 37 heavy (non-hydrogen) atoms. The molecule has 1 N–H and O–H groups in total.